The third-order valence-corrected chi connectivity index (χ3v) is 2.66. The van der Waals surface area contributed by atoms with Crippen molar-refractivity contribution in [3.63, 3.8) is 0 Å². The maximum atomic E-state index is 11.9. The number of piperidine rings is 1. The molecule has 1 aliphatic rings. The first-order valence-electron chi connectivity index (χ1n) is 6.36. The Bertz CT molecular complexity index is 342. The largest absolute Gasteiger partial charge is 0.444 e. The second-order valence-corrected chi connectivity index (χ2v) is 5.55. The molecule has 0 aliphatic carbocycles. The van der Waals surface area contributed by atoms with E-state index in [2.05, 4.69) is 15.1 Å². The maximum Gasteiger partial charge on any atom is 0.410 e. The summed E-state index contributed by atoms with van der Waals surface area (Å²) in [6, 6.07) is 0. The van der Waals surface area contributed by atoms with Crippen LogP contribution in [0.4, 0.5) is 4.79 Å². The molecule has 6 heteroatoms. The van der Waals surface area contributed by atoms with Gasteiger partial charge in [-0.2, -0.15) is 0 Å². The van der Waals surface area contributed by atoms with Crippen molar-refractivity contribution in [2.24, 2.45) is 16.1 Å². The van der Waals surface area contributed by atoms with Gasteiger partial charge in [-0.15, -0.1) is 0 Å². The molecule has 6 nitrogen and oxygen atoms in total. The Balaban J connectivity index is 2.48. The summed E-state index contributed by atoms with van der Waals surface area (Å²) in [6.07, 6.45) is 1.83. The number of likely N-dealkylation sites (tertiary alicyclic amines) is 1. The minimum absolute atomic E-state index is 0.232. The Morgan fingerprint density at radius 2 is 2.22 bits per heavy atom. The summed E-state index contributed by atoms with van der Waals surface area (Å²) in [5, 5.41) is 7.54. The summed E-state index contributed by atoms with van der Waals surface area (Å²) < 4.78 is 5.37. The number of carbonyl (C=O) groups excluding carboxylic acids is 1. The minimum Gasteiger partial charge on any atom is -0.444 e. The van der Waals surface area contributed by atoms with Gasteiger partial charge in [0.15, 0.2) is 0 Å². The molecule has 1 heterocycles. The van der Waals surface area contributed by atoms with Gasteiger partial charge in [0.25, 0.3) is 0 Å². The van der Waals surface area contributed by atoms with Gasteiger partial charge in [-0.3, -0.25) is 0 Å². The Morgan fingerprint density at radius 1 is 1.50 bits per heavy atom. The number of hydrogen-bond acceptors (Lipinski definition) is 4. The van der Waals surface area contributed by atoms with Gasteiger partial charge >= 0.3 is 6.09 Å². The maximum absolute atomic E-state index is 11.9. The molecule has 1 fully saturated rings. The summed E-state index contributed by atoms with van der Waals surface area (Å²) in [4.78, 5) is 17.3. The van der Waals surface area contributed by atoms with Crippen LogP contribution < -0.4 is 4.91 Å². The van der Waals surface area contributed by atoms with E-state index in [0.717, 1.165) is 19.4 Å². The normalized spacial score (nSPS) is 20.0. The Morgan fingerprint density at radius 3 is 2.83 bits per heavy atom. The monoisotopic (exact) mass is 255 g/mol. The topological polar surface area (TPSA) is 68.4 Å². The molecule has 0 aromatic rings. The third-order valence-electron chi connectivity index (χ3n) is 2.66. The smallest absolute Gasteiger partial charge is 0.410 e. The lowest BCUT2D eigenvalue weighted by atomic mass is 9.99. The van der Waals surface area contributed by atoms with Crippen molar-refractivity contribution < 1.29 is 9.53 Å². The zero-order valence-corrected chi connectivity index (χ0v) is 11.7. The highest BCUT2D eigenvalue weighted by Crippen LogP contribution is 2.19. The van der Waals surface area contributed by atoms with Crippen LogP contribution in [0.15, 0.2) is 10.2 Å². The van der Waals surface area contributed by atoms with E-state index in [4.69, 9.17) is 4.74 Å². The third kappa shape index (κ3) is 5.27. The molecule has 1 rings (SSSR count). The van der Waals surface area contributed by atoms with Crippen LogP contribution in [0, 0.1) is 5.92 Å². The van der Waals surface area contributed by atoms with Gasteiger partial charge < -0.3 is 9.64 Å². The lowest BCUT2D eigenvalue weighted by Gasteiger charge is -2.32. The van der Waals surface area contributed by atoms with Gasteiger partial charge in [0.05, 0.1) is 0 Å². The van der Waals surface area contributed by atoms with E-state index < -0.39 is 5.60 Å². The summed E-state index contributed by atoms with van der Waals surface area (Å²) in [6.45, 7) is 7.71. The second kappa shape index (κ2) is 6.50. The van der Waals surface area contributed by atoms with E-state index in [-0.39, 0.29) is 6.09 Å². The van der Waals surface area contributed by atoms with Crippen molar-refractivity contribution in [2.45, 2.75) is 39.2 Å². The first-order valence-corrected chi connectivity index (χ1v) is 6.36. The Kier molecular flexibility index (Phi) is 5.28. The fourth-order valence-electron chi connectivity index (χ4n) is 1.92. The molecule has 0 N–H and O–H groups in total. The molecule has 0 spiro atoms. The standard InChI is InChI=1S/C12H23N4O2/c1-12(2,3)18-11(17)16-7-5-6-10(9-16)8-14-15-13-4/h10H,5-9H2,1-4H3/q+1/t10-/m0/s1. The lowest BCUT2D eigenvalue weighted by Crippen LogP contribution is -2.43. The van der Waals surface area contributed by atoms with E-state index in [1.165, 1.54) is 0 Å². The minimum atomic E-state index is -0.440. The highest BCUT2D eigenvalue weighted by Gasteiger charge is 2.28. The van der Waals surface area contributed by atoms with Gasteiger partial charge in [0.2, 0.25) is 4.91 Å². The van der Waals surface area contributed by atoms with Crippen LogP contribution in [0.25, 0.3) is 0 Å². The summed E-state index contributed by atoms with van der Waals surface area (Å²) in [5.41, 5.74) is -0.440. The number of hydrogen-bond donors (Lipinski definition) is 0. The predicted molar refractivity (Wildman–Crippen MR) is 68.3 cm³/mol. The van der Waals surface area contributed by atoms with Crippen LogP contribution in [0.5, 0.6) is 0 Å². The highest BCUT2D eigenvalue weighted by atomic mass is 16.6. The van der Waals surface area contributed by atoms with Crippen LogP contribution in [0.1, 0.15) is 33.6 Å². The fraction of sp³-hybridized carbons (Fsp3) is 0.917. The molecular weight excluding hydrogens is 232 g/mol. The first-order chi connectivity index (χ1) is 8.42. The average Bonchev–Trinajstić information content (AvgIpc) is 2.27. The van der Waals surface area contributed by atoms with Crippen molar-refractivity contribution in [1.29, 1.82) is 0 Å². The lowest BCUT2D eigenvalue weighted by molar-refractivity contribution is 0.0170. The van der Waals surface area contributed by atoms with Gasteiger partial charge in [-0.1, -0.05) is 0 Å². The van der Waals surface area contributed by atoms with E-state index in [1.807, 2.05) is 20.8 Å². The van der Waals surface area contributed by atoms with Crippen molar-refractivity contribution in [2.75, 3.05) is 26.7 Å². The Hall–Kier alpha value is -1.42. The van der Waals surface area contributed by atoms with Gasteiger partial charge in [0, 0.05) is 19.0 Å². The fourth-order valence-corrected chi connectivity index (χ4v) is 1.92. The van der Waals surface area contributed by atoms with Crippen LogP contribution in [0.3, 0.4) is 0 Å². The zero-order valence-electron chi connectivity index (χ0n) is 11.7. The quantitative estimate of drug-likeness (QED) is 0.561. The van der Waals surface area contributed by atoms with Crippen molar-refractivity contribution in [1.82, 2.24) is 9.81 Å². The number of ether oxygens (including phenoxy) is 1. The first kappa shape index (κ1) is 14.6. The van der Waals surface area contributed by atoms with Gasteiger partial charge in [-0.05, 0) is 33.6 Å². The van der Waals surface area contributed by atoms with Crippen LogP contribution in [-0.4, -0.2) is 43.3 Å². The summed E-state index contributed by atoms with van der Waals surface area (Å²) in [7, 11) is 1.59. The second-order valence-electron chi connectivity index (χ2n) is 5.55. The molecule has 0 radical (unpaired) electrons. The molecule has 0 bridgehead atoms. The molecule has 0 aromatic heterocycles. The number of amides is 1. The van der Waals surface area contributed by atoms with Crippen LogP contribution >= 0.6 is 0 Å². The van der Waals surface area contributed by atoms with E-state index in [9.17, 15) is 4.79 Å². The molecule has 1 saturated heterocycles. The summed E-state index contributed by atoms with van der Waals surface area (Å²) in [5.74, 6) is 0.358. The molecule has 1 atom stereocenters. The predicted octanol–water partition coefficient (Wildman–Crippen LogP) is 2.23. The van der Waals surface area contributed by atoms with Gasteiger partial charge in [0.1, 0.15) is 29.4 Å². The van der Waals surface area contributed by atoms with E-state index in [0.29, 0.717) is 19.0 Å². The molecule has 1 amide bonds. The van der Waals surface area contributed by atoms with Crippen molar-refractivity contribution in [3.8, 4) is 0 Å². The molecule has 0 unspecified atom stereocenters. The van der Waals surface area contributed by atoms with Gasteiger partial charge in [-0.25, -0.2) is 4.79 Å². The summed E-state index contributed by atoms with van der Waals surface area (Å²) >= 11 is 0. The van der Waals surface area contributed by atoms with E-state index >= 15 is 0 Å². The number of rotatable bonds is 2. The van der Waals surface area contributed by atoms with Crippen LogP contribution in [-0.2, 0) is 4.74 Å². The average molecular weight is 255 g/mol. The molecule has 0 saturated carbocycles. The molecule has 0 aromatic carbocycles. The Labute approximate surface area is 108 Å². The van der Waals surface area contributed by atoms with Crippen LogP contribution in [0.2, 0.25) is 0 Å². The number of nitrogens with zero attached hydrogens (tertiary/aromatic N) is 4. The molecule has 1 aliphatic heterocycles. The molecular formula is C12H23N4O2+. The molecule has 102 valence electrons. The molecule has 18 heavy (non-hydrogen) atoms. The number of carbonyl (C=O) groups is 1. The van der Waals surface area contributed by atoms with E-state index in [1.54, 1.807) is 11.9 Å². The highest BCUT2D eigenvalue weighted by molar-refractivity contribution is 5.68. The van der Waals surface area contributed by atoms with Crippen molar-refractivity contribution >= 4 is 6.09 Å². The SMILES string of the molecule is CN=[N+]=NC[C@@H]1CCCN(C(=O)OC(C)(C)C)C1. The van der Waals surface area contributed by atoms with Crippen molar-refractivity contribution in [3.05, 3.63) is 0 Å². The zero-order chi connectivity index (χ0) is 13.6.